The Kier molecular flexibility index (Phi) is 6.56. The lowest BCUT2D eigenvalue weighted by atomic mass is 10.1. The van der Waals surface area contributed by atoms with Crippen molar-refractivity contribution in [3.63, 3.8) is 0 Å². The van der Waals surface area contributed by atoms with Gasteiger partial charge in [0.05, 0.1) is 6.54 Å². The molecule has 0 amide bonds. The van der Waals surface area contributed by atoms with Gasteiger partial charge in [0.2, 0.25) is 0 Å². The Morgan fingerprint density at radius 1 is 1.35 bits per heavy atom. The van der Waals surface area contributed by atoms with Crippen LogP contribution in [0.2, 0.25) is 0 Å². The van der Waals surface area contributed by atoms with Crippen LogP contribution in [0.4, 0.5) is 0 Å². The summed E-state index contributed by atoms with van der Waals surface area (Å²) in [7, 11) is 0. The summed E-state index contributed by atoms with van der Waals surface area (Å²) in [5.74, 6) is 0.0819. The van der Waals surface area contributed by atoms with Crippen LogP contribution in [0.25, 0.3) is 0 Å². The van der Waals surface area contributed by atoms with Crippen molar-refractivity contribution < 1.29 is 9.90 Å². The van der Waals surface area contributed by atoms with Gasteiger partial charge in [-0.05, 0) is 32.1 Å². The minimum absolute atomic E-state index is 0.214. The molecule has 1 rings (SSSR count). The molecule has 0 aliphatic heterocycles. The van der Waals surface area contributed by atoms with Gasteiger partial charge in [0.15, 0.2) is 0 Å². The zero-order valence-corrected chi connectivity index (χ0v) is 11.3. The van der Waals surface area contributed by atoms with Crippen molar-refractivity contribution in [2.24, 2.45) is 5.92 Å². The van der Waals surface area contributed by atoms with Crippen LogP contribution in [-0.2, 0) is 4.79 Å². The molecular formula is C14H27NO2. The van der Waals surface area contributed by atoms with E-state index in [1.54, 1.807) is 0 Å². The van der Waals surface area contributed by atoms with E-state index in [4.69, 9.17) is 5.11 Å². The summed E-state index contributed by atoms with van der Waals surface area (Å²) in [6.45, 7) is 5.59. The third kappa shape index (κ3) is 6.67. The molecule has 17 heavy (non-hydrogen) atoms. The Balaban J connectivity index is 2.24. The molecule has 1 aliphatic rings. The number of carboxylic acids is 1. The number of hydrogen-bond donors (Lipinski definition) is 1. The first kappa shape index (κ1) is 14.5. The van der Waals surface area contributed by atoms with Crippen molar-refractivity contribution in [2.75, 3.05) is 13.1 Å². The van der Waals surface area contributed by atoms with Gasteiger partial charge in [0.25, 0.3) is 0 Å². The van der Waals surface area contributed by atoms with Crippen LogP contribution < -0.4 is 0 Å². The molecule has 3 nitrogen and oxygen atoms in total. The van der Waals surface area contributed by atoms with E-state index in [-0.39, 0.29) is 6.54 Å². The van der Waals surface area contributed by atoms with Gasteiger partial charge in [-0.2, -0.15) is 0 Å². The minimum atomic E-state index is -0.689. The Bertz CT molecular complexity index is 226. The van der Waals surface area contributed by atoms with E-state index in [1.807, 2.05) is 0 Å². The van der Waals surface area contributed by atoms with Crippen molar-refractivity contribution in [1.82, 2.24) is 4.90 Å². The highest BCUT2D eigenvalue weighted by atomic mass is 16.4. The van der Waals surface area contributed by atoms with E-state index in [0.717, 1.165) is 18.9 Å². The van der Waals surface area contributed by atoms with Crippen molar-refractivity contribution in [1.29, 1.82) is 0 Å². The maximum absolute atomic E-state index is 10.9. The topological polar surface area (TPSA) is 40.5 Å². The maximum atomic E-state index is 10.9. The molecule has 1 saturated carbocycles. The number of unbranched alkanes of at least 4 members (excludes halogenated alkanes) is 3. The molecule has 1 atom stereocenters. The molecule has 100 valence electrons. The van der Waals surface area contributed by atoms with Crippen LogP contribution in [0.3, 0.4) is 0 Å². The fourth-order valence-corrected chi connectivity index (χ4v) is 2.26. The maximum Gasteiger partial charge on any atom is 0.317 e. The lowest BCUT2D eigenvalue weighted by molar-refractivity contribution is -0.139. The van der Waals surface area contributed by atoms with Gasteiger partial charge in [0, 0.05) is 12.6 Å². The Labute approximate surface area is 105 Å². The highest BCUT2D eigenvalue weighted by molar-refractivity contribution is 5.69. The highest BCUT2D eigenvalue weighted by Crippen LogP contribution is 2.30. The molecule has 1 aliphatic carbocycles. The first-order chi connectivity index (χ1) is 8.13. The number of carboxylic acid groups (broad SMARTS) is 1. The zero-order chi connectivity index (χ0) is 12.7. The van der Waals surface area contributed by atoms with Crippen LogP contribution in [0.1, 0.15) is 58.8 Å². The number of rotatable bonds is 10. The molecule has 0 radical (unpaired) electrons. The smallest absolute Gasteiger partial charge is 0.317 e. The molecule has 0 bridgehead atoms. The van der Waals surface area contributed by atoms with Crippen molar-refractivity contribution in [2.45, 2.75) is 64.8 Å². The van der Waals surface area contributed by atoms with Crippen molar-refractivity contribution in [3.8, 4) is 0 Å². The molecule has 0 aromatic heterocycles. The van der Waals surface area contributed by atoms with Gasteiger partial charge in [-0.1, -0.05) is 32.6 Å². The van der Waals surface area contributed by atoms with Gasteiger partial charge in [-0.15, -0.1) is 0 Å². The third-order valence-electron chi connectivity index (χ3n) is 3.63. The predicted octanol–water partition coefficient (Wildman–Crippen LogP) is 3.14. The van der Waals surface area contributed by atoms with Crippen LogP contribution in [0.5, 0.6) is 0 Å². The lowest BCUT2D eigenvalue weighted by Crippen LogP contribution is -2.38. The second kappa shape index (κ2) is 7.70. The average Bonchev–Trinajstić information content (AvgIpc) is 3.06. The van der Waals surface area contributed by atoms with Crippen LogP contribution in [-0.4, -0.2) is 35.1 Å². The summed E-state index contributed by atoms with van der Waals surface area (Å²) in [4.78, 5) is 13.0. The molecule has 0 aromatic rings. The fourth-order valence-electron chi connectivity index (χ4n) is 2.26. The number of aliphatic carboxylic acids is 1. The first-order valence-corrected chi connectivity index (χ1v) is 7.09. The minimum Gasteiger partial charge on any atom is -0.480 e. The fraction of sp³-hybridized carbons (Fsp3) is 0.929. The standard InChI is InChI=1S/C14H27NO2/c1-3-4-5-6-7-12(2)15(11-14(16)17)10-13-8-9-13/h12-13H,3-11H2,1-2H3,(H,16,17). The highest BCUT2D eigenvalue weighted by Gasteiger charge is 2.27. The van der Waals surface area contributed by atoms with Gasteiger partial charge >= 0.3 is 5.97 Å². The summed E-state index contributed by atoms with van der Waals surface area (Å²) >= 11 is 0. The summed E-state index contributed by atoms with van der Waals surface area (Å²) in [6.07, 6.45) is 8.79. The molecular weight excluding hydrogens is 214 g/mol. The molecule has 0 aromatic carbocycles. The monoisotopic (exact) mass is 241 g/mol. The Hall–Kier alpha value is -0.570. The quantitative estimate of drug-likeness (QED) is 0.597. The first-order valence-electron chi connectivity index (χ1n) is 7.09. The summed E-state index contributed by atoms with van der Waals surface area (Å²) in [5, 5.41) is 8.93. The molecule has 0 spiro atoms. The molecule has 0 heterocycles. The largest absolute Gasteiger partial charge is 0.480 e. The Morgan fingerprint density at radius 2 is 2.06 bits per heavy atom. The molecule has 1 unspecified atom stereocenters. The van der Waals surface area contributed by atoms with Crippen LogP contribution in [0, 0.1) is 5.92 Å². The lowest BCUT2D eigenvalue weighted by Gasteiger charge is -2.27. The number of nitrogens with zero attached hydrogens (tertiary/aromatic N) is 1. The second-order valence-electron chi connectivity index (χ2n) is 5.46. The van der Waals surface area contributed by atoms with E-state index in [1.165, 1.54) is 38.5 Å². The van der Waals surface area contributed by atoms with E-state index in [2.05, 4.69) is 18.7 Å². The third-order valence-corrected chi connectivity index (χ3v) is 3.63. The van der Waals surface area contributed by atoms with Crippen LogP contribution in [0.15, 0.2) is 0 Å². The van der Waals surface area contributed by atoms with E-state index in [9.17, 15) is 4.79 Å². The van der Waals surface area contributed by atoms with Crippen molar-refractivity contribution >= 4 is 5.97 Å². The average molecular weight is 241 g/mol. The zero-order valence-electron chi connectivity index (χ0n) is 11.3. The summed E-state index contributed by atoms with van der Waals surface area (Å²) < 4.78 is 0. The predicted molar refractivity (Wildman–Crippen MR) is 70.2 cm³/mol. The van der Waals surface area contributed by atoms with Crippen LogP contribution >= 0.6 is 0 Å². The van der Waals surface area contributed by atoms with Gasteiger partial charge in [-0.3, -0.25) is 9.69 Å². The van der Waals surface area contributed by atoms with Gasteiger partial charge in [-0.25, -0.2) is 0 Å². The van der Waals surface area contributed by atoms with E-state index < -0.39 is 5.97 Å². The molecule has 1 fully saturated rings. The molecule has 3 heteroatoms. The summed E-state index contributed by atoms with van der Waals surface area (Å²) in [6, 6.07) is 0.420. The number of hydrogen-bond acceptors (Lipinski definition) is 2. The molecule has 1 N–H and O–H groups in total. The van der Waals surface area contributed by atoms with E-state index in [0.29, 0.717) is 6.04 Å². The second-order valence-corrected chi connectivity index (χ2v) is 5.46. The van der Waals surface area contributed by atoms with E-state index >= 15 is 0 Å². The summed E-state index contributed by atoms with van der Waals surface area (Å²) in [5.41, 5.74) is 0. The van der Waals surface area contributed by atoms with Gasteiger partial charge < -0.3 is 5.11 Å². The molecule has 0 saturated heterocycles. The van der Waals surface area contributed by atoms with Gasteiger partial charge in [0.1, 0.15) is 0 Å². The van der Waals surface area contributed by atoms with Crippen molar-refractivity contribution in [3.05, 3.63) is 0 Å². The number of carbonyl (C=O) groups is 1. The normalized spacial score (nSPS) is 17.4. The Morgan fingerprint density at radius 3 is 2.59 bits per heavy atom. The SMILES string of the molecule is CCCCCCC(C)N(CC(=O)O)CC1CC1.